The van der Waals surface area contributed by atoms with Crippen molar-refractivity contribution in [2.75, 3.05) is 6.61 Å². The Balaban J connectivity index is 1.24. The zero-order chi connectivity index (χ0) is 25.5. The predicted octanol–water partition coefficient (Wildman–Crippen LogP) is 5.11. The molecule has 1 aliphatic rings. The van der Waals surface area contributed by atoms with Crippen molar-refractivity contribution in [3.05, 3.63) is 83.8 Å². The van der Waals surface area contributed by atoms with Crippen molar-refractivity contribution in [1.82, 2.24) is 15.2 Å². The van der Waals surface area contributed by atoms with Crippen molar-refractivity contribution in [2.24, 2.45) is 0 Å². The van der Waals surface area contributed by atoms with Crippen LogP contribution in [0.4, 0.5) is 4.39 Å². The Morgan fingerprint density at radius 1 is 0.972 bits per heavy atom. The summed E-state index contributed by atoms with van der Waals surface area (Å²) in [6.07, 6.45) is 4.79. The standard InChI is InChI=1S/C28H30FN3O4/c1-19-4-3-5-20(2)32(19)27(33)18-35-24-11-7-22(8-12-24)28(34)31-17-21-6-15-26(30-16-21)36-25-13-9-23(29)10-14-25/h6-16,19-20H,3-5,17-18H2,1-2H3,(H,31,34). The number of halogens is 1. The van der Waals surface area contributed by atoms with E-state index >= 15 is 0 Å². The third kappa shape index (κ3) is 6.59. The van der Waals surface area contributed by atoms with Crippen LogP contribution in [-0.2, 0) is 11.3 Å². The van der Waals surface area contributed by atoms with Crippen LogP contribution in [0.1, 0.15) is 49.0 Å². The minimum Gasteiger partial charge on any atom is -0.484 e. The van der Waals surface area contributed by atoms with E-state index in [1.807, 2.05) is 4.90 Å². The van der Waals surface area contributed by atoms with Crippen LogP contribution in [0.15, 0.2) is 66.9 Å². The van der Waals surface area contributed by atoms with Gasteiger partial charge in [-0.15, -0.1) is 0 Å². The van der Waals surface area contributed by atoms with E-state index < -0.39 is 0 Å². The molecule has 2 unspecified atom stereocenters. The fourth-order valence-corrected chi connectivity index (χ4v) is 4.32. The molecule has 2 amide bonds. The normalized spacial score (nSPS) is 17.4. The average molecular weight is 492 g/mol. The van der Waals surface area contributed by atoms with Gasteiger partial charge in [0.25, 0.3) is 11.8 Å². The molecule has 2 atom stereocenters. The number of ether oxygens (including phenoxy) is 2. The van der Waals surface area contributed by atoms with Crippen LogP contribution in [0.25, 0.3) is 0 Å². The van der Waals surface area contributed by atoms with Gasteiger partial charge in [0.05, 0.1) is 0 Å². The number of hydrogen-bond donors (Lipinski definition) is 1. The van der Waals surface area contributed by atoms with E-state index in [1.54, 1.807) is 42.6 Å². The summed E-state index contributed by atoms with van der Waals surface area (Å²) in [5.41, 5.74) is 1.28. The summed E-state index contributed by atoms with van der Waals surface area (Å²) >= 11 is 0. The van der Waals surface area contributed by atoms with Gasteiger partial charge in [0, 0.05) is 36.5 Å². The van der Waals surface area contributed by atoms with Crippen molar-refractivity contribution >= 4 is 11.8 Å². The third-order valence-electron chi connectivity index (χ3n) is 6.25. The smallest absolute Gasteiger partial charge is 0.260 e. The van der Waals surface area contributed by atoms with Crippen LogP contribution in [0, 0.1) is 5.82 Å². The van der Waals surface area contributed by atoms with Crippen LogP contribution < -0.4 is 14.8 Å². The summed E-state index contributed by atoms with van der Waals surface area (Å²) in [5, 5.41) is 2.85. The van der Waals surface area contributed by atoms with E-state index in [2.05, 4.69) is 24.1 Å². The van der Waals surface area contributed by atoms with Crippen LogP contribution >= 0.6 is 0 Å². The molecule has 7 nitrogen and oxygen atoms in total. The quantitative estimate of drug-likeness (QED) is 0.474. The average Bonchev–Trinajstić information content (AvgIpc) is 2.88. The molecule has 2 aromatic carbocycles. The van der Waals surface area contributed by atoms with Gasteiger partial charge in [-0.25, -0.2) is 9.37 Å². The zero-order valence-electron chi connectivity index (χ0n) is 20.4. The van der Waals surface area contributed by atoms with Gasteiger partial charge in [-0.05, 0) is 87.2 Å². The molecule has 1 aromatic heterocycles. The third-order valence-corrected chi connectivity index (χ3v) is 6.25. The van der Waals surface area contributed by atoms with Gasteiger partial charge < -0.3 is 19.7 Å². The monoisotopic (exact) mass is 491 g/mol. The Morgan fingerprint density at radius 2 is 1.64 bits per heavy atom. The molecule has 0 radical (unpaired) electrons. The zero-order valence-corrected chi connectivity index (χ0v) is 20.4. The predicted molar refractivity (Wildman–Crippen MR) is 133 cm³/mol. The maximum absolute atomic E-state index is 13.0. The fraction of sp³-hybridized carbons (Fsp3) is 0.321. The second-order valence-corrected chi connectivity index (χ2v) is 8.99. The second-order valence-electron chi connectivity index (χ2n) is 8.99. The number of carbonyl (C=O) groups excluding carboxylic acids is 2. The molecular formula is C28H30FN3O4. The Bertz CT molecular complexity index is 1160. The van der Waals surface area contributed by atoms with E-state index in [9.17, 15) is 14.0 Å². The van der Waals surface area contributed by atoms with Gasteiger partial charge >= 0.3 is 0 Å². The van der Waals surface area contributed by atoms with Gasteiger partial charge in [-0.1, -0.05) is 6.07 Å². The molecule has 1 aliphatic heterocycles. The highest BCUT2D eigenvalue weighted by molar-refractivity contribution is 5.94. The molecule has 0 bridgehead atoms. The van der Waals surface area contributed by atoms with E-state index in [0.717, 1.165) is 24.8 Å². The molecule has 3 aromatic rings. The summed E-state index contributed by atoms with van der Waals surface area (Å²) in [4.78, 5) is 31.3. The summed E-state index contributed by atoms with van der Waals surface area (Å²) in [5.74, 6) is 0.806. The molecule has 188 valence electrons. The van der Waals surface area contributed by atoms with Crippen LogP contribution in [0.3, 0.4) is 0 Å². The van der Waals surface area contributed by atoms with E-state index in [1.165, 1.54) is 24.3 Å². The fourth-order valence-electron chi connectivity index (χ4n) is 4.32. The van der Waals surface area contributed by atoms with Crippen LogP contribution in [0.2, 0.25) is 0 Å². The maximum atomic E-state index is 13.0. The Morgan fingerprint density at radius 3 is 2.28 bits per heavy atom. The highest BCUT2D eigenvalue weighted by Crippen LogP contribution is 2.23. The number of carbonyl (C=O) groups is 2. The number of piperidine rings is 1. The summed E-state index contributed by atoms with van der Waals surface area (Å²) in [6.45, 7) is 4.43. The summed E-state index contributed by atoms with van der Waals surface area (Å²) in [7, 11) is 0. The molecule has 4 rings (SSSR count). The first-order chi connectivity index (χ1) is 17.4. The highest BCUT2D eigenvalue weighted by Gasteiger charge is 2.29. The topological polar surface area (TPSA) is 80.8 Å². The number of nitrogens with one attached hydrogen (secondary N) is 1. The summed E-state index contributed by atoms with van der Waals surface area (Å²) in [6, 6.07) is 16.3. The molecule has 0 aliphatic carbocycles. The molecule has 36 heavy (non-hydrogen) atoms. The van der Waals surface area contributed by atoms with E-state index in [0.29, 0.717) is 29.5 Å². The maximum Gasteiger partial charge on any atom is 0.260 e. The lowest BCUT2D eigenvalue weighted by molar-refractivity contribution is -0.139. The second kappa shape index (κ2) is 11.7. The van der Waals surface area contributed by atoms with Gasteiger partial charge in [0.1, 0.15) is 17.3 Å². The van der Waals surface area contributed by atoms with E-state index in [-0.39, 0.29) is 36.3 Å². The molecule has 8 heteroatoms. The number of amides is 2. The van der Waals surface area contributed by atoms with Gasteiger partial charge in [0.2, 0.25) is 5.88 Å². The summed E-state index contributed by atoms with van der Waals surface area (Å²) < 4.78 is 24.2. The van der Waals surface area contributed by atoms with Gasteiger partial charge in [-0.3, -0.25) is 9.59 Å². The van der Waals surface area contributed by atoms with Crippen molar-refractivity contribution in [1.29, 1.82) is 0 Å². The highest BCUT2D eigenvalue weighted by atomic mass is 19.1. The Hall–Kier alpha value is -3.94. The molecule has 2 heterocycles. The first kappa shape index (κ1) is 25.2. The Kier molecular flexibility index (Phi) is 8.15. The number of benzene rings is 2. The van der Waals surface area contributed by atoms with Gasteiger partial charge in [-0.2, -0.15) is 0 Å². The SMILES string of the molecule is CC1CCCC(C)N1C(=O)COc1ccc(C(=O)NCc2ccc(Oc3ccc(F)cc3)nc2)cc1. The number of pyridine rings is 1. The molecule has 0 spiro atoms. The molecule has 1 fully saturated rings. The minimum absolute atomic E-state index is 0.0146. The number of aromatic nitrogens is 1. The number of likely N-dealkylation sites (tertiary alicyclic amines) is 1. The molecule has 1 saturated heterocycles. The first-order valence-corrected chi connectivity index (χ1v) is 12.1. The minimum atomic E-state index is -0.337. The van der Waals surface area contributed by atoms with Crippen molar-refractivity contribution < 1.29 is 23.5 Å². The molecular weight excluding hydrogens is 461 g/mol. The Labute approximate surface area is 210 Å². The van der Waals surface area contributed by atoms with Crippen molar-refractivity contribution in [3.8, 4) is 17.4 Å². The number of rotatable bonds is 8. The lowest BCUT2D eigenvalue weighted by atomic mass is 9.97. The largest absolute Gasteiger partial charge is 0.484 e. The molecule has 0 saturated carbocycles. The number of nitrogens with zero attached hydrogens (tertiary/aromatic N) is 2. The lowest BCUT2D eigenvalue weighted by Gasteiger charge is -2.38. The van der Waals surface area contributed by atoms with Gasteiger partial charge in [0.15, 0.2) is 6.61 Å². The van der Waals surface area contributed by atoms with Crippen LogP contribution in [0.5, 0.6) is 17.4 Å². The lowest BCUT2D eigenvalue weighted by Crippen LogP contribution is -2.49. The van der Waals surface area contributed by atoms with Crippen LogP contribution in [-0.4, -0.2) is 40.4 Å². The molecule has 1 N–H and O–H groups in total. The van der Waals surface area contributed by atoms with Crippen molar-refractivity contribution in [3.63, 3.8) is 0 Å². The van der Waals surface area contributed by atoms with E-state index in [4.69, 9.17) is 9.47 Å². The first-order valence-electron chi connectivity index (χ1n) is 12.1. The number of hydrogen-bond acceptors (Lipinski definition) is 5. The van der Waals surface area contributed by atoms with Crippen molar-refractivity contribution in [2.45, 2.75) is 51.7 Å².